The zero-order chi connectivity index (χ0) is 17.3. The van der Waals surface area contributed by atoms with Gasteiger partial charge < -0.3 is 9.72 Å². The van der Waals surface area contributed by atoms with Crippen LogP contribution in [0.4, 0.5) is 13.2 Å². The van der Waals surface area contributed by atoms with Crippen molar-refractivity contribution in [2.45, 2.75) is 13.1 Å². The Balaban J connectivity index is 1.94. The second-order valence-corrected chi connectivity index (χ2v) is 5.28. The number of halogens is 3. The summed E-state index contributed by atoms with van der Waals surface area (Å²) in [6.07, 6.45) is -4.35. The highest BCUT2D eigenvalue weighted by molar-refractivity contribution is 5.96. The summed E-state index contributed by atoms with van der Waals surface area (Å²) >= 11 is 0. The van der Waals surface area contributed by atoms with Crippen LogP contribution in [0.5, 0.6) is 0 Å². The van der Waals surface area contributed by atoms with Crippen LogP contribution in [0, 0.1) is 0 Å². The molecule has 1 heterocycles. The third-order valence-corrected chi connectivity index (χ3v) is 3.66. The lowest BCUT2D eigenvalue weighted by Gasteiger charge is -2.08. The first-order chi connectivity index (χ1) is 11.4. The van der Waals surface area contributed by atoms with E-state index in [4.69, 9.17) is 4.74 Å². The lowest BCUT2D eigenvalue weighted by Crippen LogP contribution is -2.04. The number of carbonyl (C=O) groups excluding carboxylic acids is 1. The molecule has 3 rings (SSSR count). The van der Waals surface area contributed by atoms with Gasteiger partial charge in [0.15, 0.2) is 0 Å². The van der Waals surface area contributed by atoms with Crippen LogP contribution in [0.2, 0.25) is 0 Å². The summed E-state index contributed by atoms with van der Waals surface area (Å²) in [6, 6.07) is 12.0. The summed E-state index contributed by atoms with van der Waals surface area (Å²) in [5, 5.41) is 0.787. The average Bonchev–Trinajstić information content (AvgIpc) is 2.97. The summed E-state index contributed by atoms with van der Waals surface area (Å²) in [5.74, 6) is -0.440. The lowest BCUT2D eigenvalue weighted by atomic mass is 10.0. The summed E-state index contributed by atoms with van der Waals surface area (Å²) in [4.78, 5) is 14.7. The zero-order valence-corrected chi connectivity index (χ0v) is 12.8. The van der Waals surface area contributed by atoms with E-state index in [1.807, 2.05) is 6.07 Å². The Morgan fingerprint density at radius 3 is 2.33 bits per heavy atom. The molecule has 3 nitrogen and oxygen atoms in total. The molecule has 0 saturated heterocycles. The van der Waals surface area contributed by atoms with Crippen molar-refractivity contribution in [1.29, 1.82) is 0 Å². The van der Waals surface area contributed by atoms with Gasteiger partial charge in [-0.15, -0.1) is 0 Å². The number of benzene rings is 2. The van der Waals surface area contributed by atoms with Gasteiger partial charge in [-0.1, -0.05) is 18.2 Å². The fourth-order valence-electron chi connectivity index (χ4n) is 2.48. The minimum atomic E-state index is -4.35. The number of carbonyl (C=O) groups is 1. The molecule has 3 aromatic rings. The highest BCUT2D eigenvalue weighted by atomic mass is 19.4. The molecule has 1 N–H and O–H groups in total. The maximum Gasteiger partial charge on any atom is 0.416 e. The molecule has 24 heavy (non-hydrogen) atoms. The van der Waals surface area contributed by atoms with Gasteiger partial charge in [-0.05, 0) is 48.4 Å². The van der Waals surface area contributed by atoms with Crippen LogP contribution in [0.1, 0.15) is 23.0 Å². The third kappa shape index (κ3) is 3.13. The SMILES string of the molecule is CCOC(=O)c1cc2cc(-c3ccc(C(F)(F)F)cc3)ccc2[nH]1. The number of ether oxygens (including phenoxy) is 1. The van der Waals surface area contributed by atoms with Crippen LogP contribution in [0.25, 0.3) is 22.0 Å². The number of aromatic amines is 1. The number of esters is 1. The number of rotatable bonds is 3. The van der Waals surface area contributed by atoms with E-state index in [-0.39, 0.29) is 6.61 Å². The van der Waals surface area contributed by atoms with E-state index < -0.39 is 17.7 Å². The fraction of sp³-hybridized carbons (Fsp3) is 0.167. The van der Waals surface area contributed by atoms with Crippen molar-refractivity contribution in [1.82, 2.24) is 4.98 Å². The zero-order valence-electron chi connectivity index (χ0n) is 12.8. The Morgan fingerprint density at radius 2 is 1.71 bits per heavy atom. The van der Waals surface area contributed by atoms with Crippen molar-refractivity contribution in [2.24, 2.45) is 0 Å². The molecule has 0 aliphatic carbocycles. The number of hydrogen-bond acceptors (Lipinski definition) is 2. The summed E-state index contributed by atoms with van der Waals surface area (Å²) < 4.78 is 42.8. The maximum absolute atomic E-state index is 12.6. The number of alkyl halides is 3. The number of nitrogens with one attached hydrogen (secondary N) is 1. The number of H-pyrrole nitrogens is 1. The van der Waals surface area contributed by atoms with Crippen molar-refractivity contribution in [3.63, 3.8) is 0 Å². The predicted octanol–water partition coefficient (Wildman–Crippen LogP) is 5.03. The van der Waals surface area contributed by atoms with Gasteiger partial charge in [0.25, 0.3) is 0 Å². The lowest BCUT2D eigenvalue weighted by molar-refractivity contribution is -0.137. The average molecular weight is 333 g/mol. The molecule has 2 aromatic carbocycles. The standard InChI is InChI=1S/C18H14F3NO2/c1-2-24-17(23)16-10-13-9-12(5-8-15(13)22-16)11-3-6-14(7-4-11)18(19,20)21/h3-10,22H,2H2,1H3. The van der Waals surface area contributed by atoms with Gasteiger partial charge in [-0.25, -0.2) is 4.79 Å². The monoisotopic (exact) mass is 333 g/mol. The number of fused-ring (bicyclic) bond motifs is 1. The van der Waals surface area contributed by atoms with E-state index in [1.165, 1.54) is 12.1 Å². The molecule has 1 aromatic heterocycles. The first kappa shape index (κ1) is 16.1. The van der Waals surface area contributed by atoms with Gasteiger partial charge in [-0.2, -0.15) is 13.2 Å². The maximum atomic E-state index is 12.6. The Bertz CT molecular complexity index is 879. The molecular weight excluding hydrogens is 319 g/mol. The van der Waals surface area contributed by atoms with Crippen molar-refractivity contribution >= 4 is 16.9 Å². The van der Waals surface area contributed by atoms with Crippen LogP contribution < -0.4 is 0 Å². The largest absolute Gasteiger partial charge is 0.461 e. The van der Waals surface area contributed by atoms with Crippen molar-refractivity contribution < 1.29 is 22.7 Å². The van der Waals surface area contributed by atoms with Crippen molar-refractivity contribution in [3.8, 4) is 11.1 Å². The van der Waals surface area contributed by atoms with Crippen LogP contribution >= 0.6 is 0 Å². The topological polar surface area (TPSA) is 42.1 Å². The van der Waals surface area contributed by atoms with E-state index >= 15 is 0 Å². The Hall–Kier alpha value is -2.76. The molecule has 0 bridgehead atoms. The van der Waals surface area contributed by atoms with Gasteiger partial charge in [0.05, 0.1) is 12.2 Å². The molecular formula is C18H14F3NO2. The summed E-state index contributed by atoms with van der Waals surface area (Å²) in [5.41, 5.74) is 1.86. The number of aromatic nitrogens is 1. The van der Waals surface area contributed by atoms with Gasteiger partial charge in [0.2, 0.25) is 0 Å². The molecule has 0 saturated carbocycles. The van der Waals surface area contributed by atoms with Crippen molar-refractivity contribution in [2.75, 3.05) is 6.61 Å². The van der Waals surface area contributed by atoms with E-state index in [1.54, 1.807) is 25.1 Å². The van der Waals surface area contributed by atoms with Crippen LogP contribution in [-0.4, -0.2) is 17.6 Å². The van der Waals surface area contributed by atoms with Crippen LogP contribution in [0.15, 0.2) is 48.5 Å². The quantitative estimate of drug-likeness (QED) is 0.683. The van der Waals surface area contributed by atoms with Gasteiger partial charge in [0.1, 0.15) is 5.69 Å². The minimum Gasteiger partial charge on any atom is -0.461 e. The van der Waals surface area contributed by atoms with E-state index in [2.05, 4.69) is 4.98 Å². The van der Waals surface area contributed by atoms with E-state index in [0.717, 1.165) is 28.6 Å². The second-order valence-electron chi connectivity index (χ2n) is 5.28. The molecule has 0 aliphatic rings. The molecule has 124 valence electrons. The van der Waals surface area contributed by atoms with Crippen molar-refractivity contribution in [3.05, 3.63) is 59.8 Å². The second kappa shape index (κ2) is 6.03. The highest BCUT2D eigenvalue weighted by Gasteiger charge is 2.29. The Morgan fingerprint density at radius 1 is 1.04 bits per heavy atom. The van der Waals surface area contributed by atoms with Crippen LogP contribution in [0.3, 0.4) is 0 Å². The summed E-state index contributed by atoms with van der Waals surface area (Å²) in [7, 11) is 0. The minimum absolute atomic E-state index is 0.283. The normalized spacial score (nSPS) is 11.7. The molecule has 0 fully saturated rings. The molecule has 0 spiro atoms. The van der Waals surface area contributed by atoms with E-state index in [9.17, 15) is 18.0 Å². The van der Waals surface area contributed by atoms with Gasteiger partial charge >= 0.3 is 12.1 Å². The van der Waals surface area contributed by atoms with Gasteiger partial charge in [-0.3, -0.25) is 0 Å². The predicted molar refractivity (Wildman–Crippen MR) is 84.7 cm³/mol. The third-order valence-electron chi connectivity index (χ3n) is 3.66. The van der Waals surface area contributed by atoms with Crippen LogP contribution in [-0.2, 0) is 10.9 Å². The molecule has 0 amide bonds. The first-order valence-corrected chi connectivity index (χ1v) is 7.36. The molecule has 0 aliphatic heterocycles. The molecule has 6 heteroatoms. The Labute approximate surface area is 136 Å². The smallest absolute Gasteiger partial charge is 0.416 e. The first-order valence-electron chi connectivity index (χ1n) is 7.36. The fourth-order valence-corrected chi connectivity index (χ4v) is 2.48. The highest BCUT2D eigenvalue weighted by Crippen LogP contribution is 2.31. The molecule has 0 atom stereocenters. The summed E-state index contributed by atoms with van der Waals surface area (Å²) in [6.45, 7) is 2.01. The molecule has 0 unspecified atom stereocenters. The number of hydrogen-bond donors (Lipinski definition) is 1. The Kier molecular flexibility index (Phi) is 4.05. The molecule has 0 radical (unpaired) electrons. The van der Waals surface area contributed by atoms with Gasteiger partial charge in [0, 0.05) is 10.9 Å². The van der Waals surface area contributed by atoms with E-state index in [0.29, 0.717) is 11.3 Å².